The van der Waals surface area contributed by atoms with Crippen molar-refractivity contribution in [3.05, 3.63) is 36.0 Å². The highest BCUT2D eigenvalue weighted by Gasteiger charge is 2.10. The second kappa shape index (κ2) is 7.20. The normalized spacial score (nSPS) is 21.9. The van der Waals surface area contributed by atoms with Crippen LogP contribution in [0.3, 0.4) is 0 Å². The number of pyridine rings is 1. The van der Waals surface area contributed by atoms with Crippen LogP contribution in [0.15, 0.2) is 30.4 Å². The third-order valence-corrected chi connectivity index (χ3v) is 3.69. The molecule has 1 unspecified atom stereocenters. The largest absolute Gasteiger partial charge is 0.481 e. The van der Waals surface area contributed by atoms with E-state index in [2.05, 4.69) is 23.2 Å². The summed E-state index contributed by atoms with van der Waals surface area (Å²) in [6, 6.07) is 6.04. The maximum atomic E-state index is 5.16. The van der Waals surface area contributed by atoms with Crippen LogP contribution in [0, 0.1) is 5.92 Å². The molecule has 1 aromatic heterocycles. The minimum Gasteiger partial charge on any atom is -0.481 e. The third kappa shape index (κ3) is 4.17. The summed E-state index contributed by atoms with van der Waals surface area (Å²) >= 11 is 0. The van der Waals surface area contributed by atoms with Crippen molar-refractivity contribution < 1.29 is 4.74 Å². The van der Waals surface area contributed by atoms with Crippen molar-refractivity contribution in [3.63, 3.8) is 0 Å². The van der Waals surface area contributed by atoms with Gasteiger partial charge in [-0.05, 0) is 50.5 Å². The maximum absolute atomic E-state index is 5.16. The summed E-state index contributed by atoms with van der Waals surface area (Å²) in [6.07, 6.45) is 13.6. The standard InChI is InChI=1S/C16H23NO/c1-18-16-11-7-10-15(17-16)13-12-14-8-5-3-2-4-6-9-14/h2-3,7,10-11,14H,4-6,8-9,12-13H2,1H3/b3-2-. The fraction of sp³-hybridized carbons (Fsp3) is 0.562. The van der Waals surface area contributed by atoms with E-state index >= 15 is 0 Å². The zero-order valence-corrected chi connectivity index (χ0v) is 11.3. The van der Waals surface area contributed by atoms with Gasteiger partial charge in [-0.2, -0.15) is 0 Å². The first-order valence-electron chi connectivity index (χ1n) is 7.03. The van der Waals surface area contributed by atoms with Gasteiger partial charge in [0.2, 0.25) is 5.88 Å². The van der Waals surface area contributed by atoms with Crippen molar-refractivity contribution >= 4 is 0 Å². The monoisotopic (exact) mass is 245 g/mol. The molecule has 2 rings (SSSR count). The smallest absolute Gasteiger partial charge is 0.213 e. The Morgan fingerprint density at radius 2 is 2.11 bits per heavy atom. The SMILES string of the molecule is COc1cccc(CCC2CC/C=C\CCC2)n1. The molecule has 0 aromatic carbocycles. The Balaban J connectivity index is 1.84. The van der Waals surface area contributed by atoms with Crippen molar-refractivity contribution in [2.75, 3.05) is 7.11 Å². The molecule has 18 heavy (non-hydrogen) atoms. The zero-order valence-electron chi connectivity index (χ0n) is 11.3. The minimum absolute atomic E-state index is 0.730. The number of hydrogen-bond acceptors (Lipinski definition) is 2. The first-order chi connectivity index (χ1) is 8.88. The first kappa shape index (κ1) is 13.1. The lowest BCUT2D eigenvalue weighted by molar-refractivity contribution is 0.389. The van der Waals surface area contributed by atoms with Crippen molar-refractivity contribution in [3.8, 4) is 5.88 Å². The number of allylic oxidation sites excluding steroid dienone is 2. The Labute approximate surface area is 110 Å². The molecule has 0 saturated carbocycles. The number of aromatic nitrogens is 1. The molecule has 0 saturated heterocycles. The zero-order chi connectivity index (χ0) is 12.6. The van der Waals surface area contributed by atoms with Gasteiger partial charge in [0.05, 0.1) is 7.11 Å². The molecule has 0 amide bonds. The van der Waals surface area contributed by atoms with E-state index in [1.54, 1.807) is 7.11 Å². The second-order valence-electron chi connectivity index (χ2n) is 5.06. The average molecular weight is 245 g/mol. The van der Waals surface area contributed by atoms with Crippen LogP contribution in [-0.2, 0) is 6.42 Å². The molecule has 2 heteroatoms. The number of nitrogens with zero attached hydrogens (tertiary/aromatic N) is 1. The summed E-state index contributed by atoms with van der Waals surface area (Å²) in [7, 11) is 1.67. The van der Waals surface area contributed by atoms with Crippen LogP contribution >= 0.6 is 0 Å². The molecule has 1 heterocycles. The Bertz CT molecular complexity index is 386. The summed E-state index contributed by atoms with van der Waals surface area (Å²) in [5.74, 6) is 1.59. The Morgan fingerprint density at radius 3 is 3.00 bits per heavy atom. The number of methoxy groups -OCH3 is 1. The van der Waals surface area contributed by atoms with Gasteiger partial charge in [0.15, 0.2) is 0 Å². The van der Waals surface area contributed by atoms with Gasteiger partial charge in [0, 0.05) is 11.8 Å². The van der Waals surface area contributed by atoms with Gasteiger partial charge >= 0.3 is 0 Å². The van der Waals surface area contributed by atoms with Gasteiger partial charge in [-0.1, -0.05) is 24.6 Å². The van der Waals surface area contributed by atoms with Gasteiger partial charge in [-0.15, -0.1) is 0 Å². The molecule has 0 spiro atoms. The summed E-state index contributed by atoms with van der Waals surface area (Å²) in [6.45, 7) is 0. The van der Waals surface area contributed by atoms with Crippen molar-refractivity contribution in [1.82, 2.24) is 4.98 Å². The van der Waals surface area contributed by atoms with Crippen LogP contribution < -0.4 is 4.74 Å². The molecular weight excluding hydrogens is 222 g/mol. The summed E-state index contributed by atoms with van der Waals surface area (Å²) in [4.78, 5) is 4.48. The molecule has 0 N–H and O–H groups in total. The van der Waals surface area contributed by atoms with E-state index in [0.29, 0.717) is 0 Å². The van der Waals surface area contributed by atoms with E-state index in [0.717, 1.165) is 23.9 Å². The van der Waals surface area contributed by atoms with Crippen LogP contribution in [0.2, 0.25) is 0 Å². The van der Waals surface area contributed by atoms with Crippen molar-refractivity contribution in [1.29, 1.82) is 0 Å². The Morgan fingerprint density at radius 1 is 1.22 bits per heavy atom. The van der Waals surface area contributed by atoms with Crippen LogP contribution in [0.5, 0.6) is 5.88 Å². The fourth-order valence-electron chi connectivity index (χ4n) is 2.59. The predicted octanol–water partition coefficient (Wildman–Crippen LogP) is 4.16. The average Bonchev–Trinajstić information content (AvgIpc) is 2.38. The van der Waals surface area contributed by atoms with Crippen LogP contribution in [0.1, 0.15) is 44.2 Å². The van der Waals surface area contributed by atoms with Crippen molar-refractivity contribution in [2.45, 2.75) is 44.9 Å². The second-order valence-corrected chi connectivity index (χ2v) is 5.06. The fourth-order valence-corrected chi connectivity index (χ4v) is 2.59. The number of rotatable bonds is 4. The predicted molar refractivity (Wildman–Crippen MR) is 74.8 cm³/mol. The van der Waals surface area contributed by atoms with Gasteiger partial charge in [-0.25, -0.2) is 4.98 Å². The van der Waals surface area contributed by atoms with E-state index < -0.39 is 0 Å². The molecule has 0 bridgehead atoms. The number of hydrogen-bond donors (Lipinski definition) is 0. The topological polar surface area (TPSA) is 22.1 Å². The van der Waals surface area contributed by atoms with E-state index in [4.69, 9.17) is 4.74 Å². The number of ether oxygens (including phenoxy) is 1. The van der Waals surface area contributed by atoms with E-state index in [-0.39, 0.29) is 0 Å². The molecular formula is C16H23NO. The third-order valence-electron chi connectivity index (χ3n) is 3.69. The molecule has 0 aliphatic heterocycles. The van der Waals surface area contributed by atoms with E-state index in [1.165, 1.54) is 38.5 Å². The molecule has 1 aliphatic rings. The van der Waals surface area contributed by atoms with Gasteiger partial charge in [-0.3, -0.25) is 0 Å². The first-order valence-corrected chi connectivity index (χ1v) is 7.03. The molecule has 1 aliphatic carbocycles. The maximum Gasteiger partial charge on any atom is 0.213 e. The van der Waals surface area contributed by atoms with Crippen molar-refractivity contribution in [2.24, 2.45) is 5.92 Å². The summed E-state index contributed by atoms with van der Waals surface area (Å²) in [5.41, 5.74) is 1.16. The molecule has 98 valence electrons. The quantitative estimate of drug-likeness (QED) is 0.743. The lowest BCUT2D eigenvalue weighted by Gasteiger charge is -2.17. The van der Waals surface area contributed by atoms with Gasteiger partial charge in [0.1, 0.15) is 0 Å². The molecule has 1 aromatic rings. The highest BCUT2D eigenvalue weighted by atomic mass is 16.5. The van der Waals surface area contributed by atoms with E-state index in [1.807, 2.05) is 12.1 Å². The van der Waals surface area contributed by atoms with Gasteiger partial charge < -0.3 is 4.74 Å². The highest BCUT2D eigenvalue weighted by Crippen LogP contribution is 2.23. The van der Waals surface area contributed by atoms with Gasteiger partial charge in [0.25, 0.3) is 0 Å². The summed E-state index contributed by atoms with van der Waals surface area (Å²) in [5, 5.41) is 0. The van der Waals surface area contributed by atoms with Crippen LogP contribution in [0.4, 0.5) is 0 Å². The molecule has 2 nitrogen and oxygen atoms in total. The Kier molecular flexibility index (Phi) is 5.25. The molecule has 0 fully saturated rings. The molecule has 1 atom stereocenters. The lowest BCUT2D eigenvalue weighted by atomic mass is 9.90. The summed E-state index contributed by atoms with van der Waals surface area (Å²) < 4.78 is 5.16. The highest BCUT2D eigenvalue weighted by molar-refractivity contribution is 5.15. The van der Waals surface area contributed by atoms with Crippen LogP contribution in [0.25, 0.3) is 0 Å². The molecule has 0 radical (unpaired) electrons. The van der Waals surface area contributed by atoms with E-state index in [9.17, 15) is 0 Å². The Hall–Kier alpha value is -1.31. The minimum atomic E-state index is 0.730. The van der Waals surface area contributed by atoms with Crippen LogP contribution in [-0.4, -0.2) is 12.1 Å². The lowest BCUT2D eigenvalue weighted by Crippen LogP contribution is -2.05. The number of aryl methyl sites for hydroxylation is 1.